The summed E-state index contributed by atoms with van der Waals surface area (Å²) in [5.41, 5.74) is 0.186. The minimum Gasteiger partial charge on any atom is -0.337 e. The van der Waals surface area contributed by atoms with Gasteiger partial charge in [-0.25, -0.2) is 0 Å². The fourth-order valence-corrected chi connectivity index (χ4v) is 3.33. The van der Waals surface area contributed by atoms with Crippen molar-refractivity contribution in [1.29, 1.82) is 0 Å². The summed E-state index contributed by atoms with van der Waals surface area (Å²) in [7, 11) is 1.85. The van der Waals surface area contributed by atoms with Gasteiger partial charge in [-0.2, -0.15) is 0 Å². The number of carbonyl (C=O) groups is 1. The van der Waals surface area contributed by atoms with Crippen LogP contribution in [0.4, 0.5) is 0 Å². The Bertz CT molecular complexity index is 727. The number of H-pyrrole nitrogens is 1. The van der Waals surface area contributed by atoms with Crippen molar-refractivity contribution in [3.05, 3.63) is 46.4 Å². The lowest BCUT2D eigenvalue weighted by atomic mass is 10.1. The van der Waals surface area contributed by atoms with Gasteiger partial charge >= 0.3 is 0 Å². The van der Waals surface area contributed by atoms with Crippen molar-refractivity contribution < 1.29 is 4.79 Å². The fourth-order valence-electron chi connectivity index (χ4n) is 3.33. The minimum absolute atomic E-state index is 0.0882. The number of nitrogens with zero attached hydrogens (tertiary/aromatic N) is 1. The van der Waals surface area contributed by atoms with Crippen molar-refractivity contribution >= 4 is 16.7 Å². The Balaban J connectivity index is 1.89. The van der Waals surface area contributed by atoms with Crippen molar-refractivity contribution in [2.45, 2.75) is 44.6 Å². The van der Waals surface area contributed by atoms with Crippen molar-refractivity contribution in [3.63, 3.8) is 0 Å². The summed E-state index contributed by atoms with van der Waals surface area (Å²) in [5, 5.41) is 1.43. The molecule has 1 saturated carbocycles. The van der Waals surface area contributed by atoms with E-state index in [0.29, 0.717) is 11.1 Å². The largest absolute Gasteiger partial charge is 0.337 e. The van der Waals surface area contributed by atoms with Crippen LogP contribution in [0, 0.1) is 0 Å². The Kier molecular flexibility index (Phi) is 4.27. The van der Waals surface area contributed by atoms with E-state index in [2.05, 4.69) is 4.98 Å². The Labute approximate surface area is 130 Å². The van der Waals surface area contributed by atoms with E-state index in [1.54, 1.807) is 12.1 Å². The molecule has 0 bridgehead atoms. The van der Waals surface area contributed by atoms with Crippen molar-refractivity contribution in [2.75, 3.05) is 7.05 Å². The minimum atomic E-state index is -0.198. The van der Waals surface area contributed by atoms with Gasteiger partial charge in [0.15, 0.2) is 0 Å². The topological polar surface area (TPSA) is 53.2 Å². The van der Waals surface area contributed by atoms with E-state index in [-0.39, 0.29) is 17.5 Å². The van der Waals surface area contributed by atoms with Crippen LogP contribution < -0.4 is 5.56 Å². The SMILES string of the molecule is CN(C(=O)c1cc2ccccc2c(=O)[nH]1)C1CCCCCC1. The zero-order valence-corrected chi connectivity index (χ0v) is 13.0. The number of aromatic nitrogens is 1. The van der Waals surface area contributed by atoms with E-state index >= 15 is 0 Å². The number of pyridine rings is 1. The van der Waals surface area contributed by atoms with Gasteiger partial charge in [0.25, 0.3) is 11.5 Å². The Morgan fingerprint density at radius 1 is 1.14 bits per heavy atom. The highest BCUT2D eigenvalue weighted by Crippen LogP contribution is 2.22. The summed E-state index contributed by atoms with van der Waals surface area (Å²) in [5.74, 6) is -0.0882. The van der Waals surface area contributed by atoms with E-state index in [4.69, 9.17) is 0 Å². The average molecular weight is 298 g/mol. The molecule has 0 saturated heterocycles. The standard InChI is InChI=1S/C18H22N2O2/c1-20(14-9-4-2-3-5-10-14)18(22)16-12-13-8-6-7-11-15(13)17(21)19-16/h6-8,11-12,14H,2-5,9-10H2,1H3,(H,19,21). The molecule has 4 heteroatoms. The van der Waals surface area contributed by atoms with Crippen LogP contribution in [0.25, 0.3) is 10.8 Å². The summed E-state index contributed by atoms with van der Waals surface area (Å²) in [4.78, 5) is 29.4. The number of fused-ring (bicyclic) bond motifs is 1. The molecule has 3 rings (SSSR count). The maximum atomic E-state index is 12.7. The summed E-state index contributed by atoms with van der Waals surface area (Å²) in [6.45, 7) is 0. The highest BCUT2D eigenvalue weighted by Gasteiger charge is 2.23. The molecule has 1 heterocycles. The van der Waals surface area contributed by atoms with E-state index in [0.717, 1.165) is 18.2 Å². The highest BCUT2D eigenvalue weighted by atomic mass is 16.2. The van der Waals surface area contributed by atoms with Crippen molar-refractivity contribution in [1.82, 2.24) is 9.88 Å². The van der Waals surface area contributed by atoms with Crippen LogP contribution in [0.15, 0.2) is 35.1 Å². The number of nitrogens with one attached hydrogen (secondary N) is 1. The van der Waals surface area contributed by atoms with Gasteiger partial charge in [-0.05, 0) is 30.4 Å². The third-order valence-electron chi connectivity index (χ3n) is 4.68. The molecule has 1 fully saturated rings. The second-order valence-electron chi connectivity index (χ2n) is 6.16. The van der Waals surface area contributed by atoms with Gasteiger partial charge in [0.2, 0.25) is 0 Å². The first kappa shape index (κ1) is 14.8. The molecule has 0 spiro atoms. The van der Waals surface area contributed by atoms with Gasteiger partial charge < -0.3 is 9.88 Å². The van der Waals surface area contributed by atoms with Crippen LogP contribution in [0.3, 0.4) is 0 Å². The highest BCUT2D eigenvalue weighted by molar-refractivity contribution is 5.96. The first-order valence-electron chi connectivity index (χ1n) is 8.06. The molecule has 0 atom stereocenters. The van der Waals surface area contributed by atoms with Crippen LogP contribution in [-0.4, -0.2) is 28.9 Å². The normalized spacial score (nSPS) is 16.4. The lowest BCUT2D eigenvalue weighted by Crippen LogP contribution is -2.37. The number of carbonyl (C=O) groups excluding carboxylic acids is 1. The quantitative estimate of drug-likeness (QED) is 0.865. The second-order valence-corrected chi connectivity index (χ2v) is 6.16. The molecule has 2 aromatic rings. The van der Waals surface area contributed by atoms with E-state index in [1.165, 1.54) is 25.7 Å². The smallest absolute Gasteiger partial charge is 0.270 e. The van der Waals surface area contributed by atoms with Gasteiger partial charge in [-0.3, -0.25) is 9.59 Å². The molecular weight excluding hydrogens is 276 g/mol. The lowest BCUT2D eigenvalue weighted by Gasteiger charge is -2.27. The monoisotopic (exact) mass is 298 g/mol. The number of hydrogen-bond donors (Lipinski definition) is 1. The maximum Gasteiger partial charge on any atom is 0.270 e. The van der Waals surface area contributed by atoms with Crippen molar-refractivity contribution in [2.24, 2.45) is 0 Å². The van der Waals surface area contributed by atoms with Crippen LogP contribution in [0.1, 0.15) is 49.0 Å². The van der Waals surface area contributed by atoms with Gasteiger partial charge in [-0.15, -0.1) is 0 Å². The molecule has 1 aromatic heterocycles. The predicted octanol–water partition coefficient (Wildman–Crippen LogP) is 3.32. The molecule has 1 N–H and O–H groups in total. The molecule has 0 unspecified atom stereocenters. The number of rotatable bonds is 2. The molecule has 0 radical (unpaired) electrons. The van der Waals surface area contributed by atoms with E-state index in [1.807, 2.05) is 30.1 Å². The Morgan fingerprint density at radius 3 is 2.55 bits per heavy atom. The third-order valence-corrected chi connectivity index (χ3v) is 4.68. The number of hydrogen-bond acceptors (Lipinski definition) is 2. The third kappa shape index (κ3) is 2.91. The molecule has 1 aromatic carbocycles. The fraction of sp³-hybridized carbons (Fsp3) is 0.444. The Morgan fingerprint density at radius 2 is 1.82 bits per heavy atom. The number of amides is 1. The van der Waals surface area contributed by atoms with Crippen molar-refractivity contribution in [3.8, 4) is 0 Å². The molecule has 4 nitrogen and oxygen atoms in total. The van der Waals surface area contributed by atoms with E-state index < -0.39 is 0 Å². The zero-order chi connectivity index (χ0) is 15.5. The second kappa shape index (κ2) is 6.34. The predicted molar refractivity (Wildman–Crippen MR) is 88.2 cm³/mol. The summed E-state index contributed by atoms with van der Waals surface area (Å²) in [6.07, 6.45) is 6.98. The lowest BCUT2D eigenvalue weighted by molar-refractivity contribution is 0.0711. The van der Waals surface area contributed by atoms with Gasteiger partial charge in [-0.1, -0.05) is 43.9 Å². The summed E-state index contributed by atoms with van der Waals surface area (Å²) in [6, 6.07) is 9.42. The number of aromatic amines is 1. The Hall–Kier alpha value is -2.10. The summed E-state index contributed by atoms with van der Waals surface area (Å²) < 4.78 is 0. The van der Waals surface area contributed by atoms with E-state index in [9.17, 15) is 9.59 Å². The molecule has 1 aliphatic rings. The molecule has 0 aliphatic heterocycles. The first-order valence-corrected chi connectivity index (χ1v) is 8.06. The van der Waals surface area contributed by atoms with Crippen LogP contribution in [0.5, 0.6) is 0 Å². The molecule has 116 valence electrons. The van der Waals surface area contributed by atoms with Gasteiger partial charge in [0.1, 0.15) is 5.69 Å². The van der Waals surface area contributed by atoms with Gasteiger partial charge in [0.05, 0.1) is 0 Å². The molecule has 1 aliphatic carbocycles. The molecule has 1 amide bonds. The maximum absolute atomic E-state index is 12.7. The zero-order valence-electron chi connectivity index (χ0n) is 13.0. The number of benzene rings is 1. The van der Waals surface area contributed by atoms with Crippen LogP contribution in [-0.2, 0) is 0 Å². The molecule has 22 heavy (non-hydrogen) atoms. The average Bonchev–Trinajstić information content (AvgIpc) is 2.82. The van der Waals surface area contributed by atoms with Crippen LogP contribution >= 0.6 is 0 Å². The molecular formula is C18H22N2O2. The van der Waals surface area contributed by atoms with Gasteiger partial charge in [0, 0.05) is 18.5 Å². The summed E-state index contributed by atoms with van der Waals surface area (Å²) >= 11 is 0. The first-order chi connectivity index (χ1) is 10.7. The van der Waals surface area contributed by atoms with Crippen LogP contribution in [0.2, 0.25) is 0 Å².